The molecule has 2 heterocycles. The zero-order valence-corrected chi connectivity index (χ0v) is 22.6. The van der Waals surface area contributed by atoms with Crippen molar-refractivity contribution in [1.29, 1.82) is 0 Å². The largest absolute Gasteiger partial charge is 0.451 e. The highest BCUT2D eigenvalue weighted by Gasteiger charge is 2.19. The zero-order valence-electron chi connectivity index (χ0n) is 17.9. The van der Waals surface area contributed by atoms with E-state index in [2.05, 4.69) is 15.6 Å². The average Bonchev–Trinajstić information content (AvgIpc) is 3.50. The van der Waals surface area contributed by atoms with Crippen LogP contribution in [0.5, 0.6) is 0 Å². The summed E-state index contributed by atoms with van der Waals surface area (Å²) in [5.74, 6) is -0.0179. The third-order valence-corrected chi connectivity index (χ3v) is 7.61. The number of hydrogen-bond acceptors (Lipinski definition) is 5. The van der Waals surface area contributed by atoms with Crippen LogP contribution >= 0.6 is 70.0 Å². The van der Waals surface area contributed by atoms with Crippen LogP contribution in [0.3, 0.4) is 0 Å². The zero-order chi connectivity index (χ0) is 25.4. The lowest BCUT2D eigenvalue weighted by Crippen LogP contribution is -2.34. The number of thiocarbonyl (C=S) groups is 1. The number of aromatic nitrogens is 1. The third kappa shape index (κ3) is 5.22. The first-order chi connectivity index (χ1) is 17.3. The van der Waals surface area contributed by atoms with Gasteiger partial charge in [-0.05, 0) is 66.8 Å². The Labute approximate surface area is 235 Å². The number of halogens is 4. The van der Waals surface area contributed by atoms with E-state index in [0.717, 1.165) is 10.2 Å². The van der Waals surface area contributed by atoms with Gasteiger partial charge in [-0.25, -0.2) is 4.98 Å². The minimum absolute atomic E-state index is 0.0269. The van der Waals surface area contributed by atoms with Crippen molar-refractivity contribution < 1.29 is 9.21 Å². The van der Waals surface area contributed by atoms with E-state index in [1.807, 2.05) is 24.3 Å². The lowest BCUT2D eigenvalue weighted by molar-refractivity contribution is 0.0951. The van der Waals surface area contributed by atoms with Crippen molar-refractivity contribution in [2.45, 2.75) is 0 Å². The summed E-state index contributed by atoms with van der Waals surface area (Å²) in [6.07, 6.45) is 0. The second-order valence-corrected chi connectivity index (χ2v) is 10.6. The van der Waals surface area contributed by atoms with E-state index in [-0.39, 0.29) is 10.9 Å². The number of carbonyl (C=O) groups excluding carboxylic acids is 1. The molecule has 0 radical (unpaired) electrons. The molecule has 11 heteroatoms. The van der Waals surface area contributed by atoms with E-state index in [1.54, 1.807) is 36.4 Å². The van der Waals surface area contributed by atoms with Crippen molar-refractivity contribution in [3.8, 4) is 21.9 Å². The highest BCUT2D eigenvalue weighted by atomic mass is 35.5. The normalized spacial score (nSPS) is 11.0. The minimum atomic E-state index is -0.537. The van der Waals surface area contributed by atoms with Crippen LogP contribution in [0, 0.1) is 0 Å². The molecule has 3 aromatic carbocycles. The lowest BCUT2D eigenvalue weighted by Gasteiger charge is -2.14. The summed E-state index contributed by atoms with van der Waals surface area (Å²) < 4.78 is 6.71. The van der Waals surface area contributed by atoms with Crippen molar-refractivity contribution in [2.24, 2.45) is 0 Å². The molecule has 0 unspecified atom stereocenters. The van der Waals surface area contributed by atoms with Gasteiger partial charge < -0.3 is 9.73 Å². The maximum Gasteiger partial charge on any atom is 0.293 e. The quantitative estimate of drug-likeness (QED) is 0.204. The fraction of sp³-hybridized carbons (Fsp3) is 0. The molecule has 5 rings (SSSR count). The monoisotopic (exact) mass is 591 g/mol. The van der Waals surface area contributed by atoms with Crippen LogP contribution in [0.15, 0.2) is 71.1 Å². The number of anilines is 1. The lowest BCUT2D eigenvalue weighted by atomic mass is 10.2. The van der Waals surface area contributed by atoms with Crippen LogP contribution in [0.1, 0.15) is 10.6 Å². The molecule has 36 heavy (non-hydrogen) atoms. The molecular weight excluding hydrogens is 580 g/mol. The molecule has 180 valence electrons. The third-order valence-electron chi connectivity index (χ3n) is 5.08. The number of hydrogen-bond donors (Lipinski definition) is 2. The Kier molecular flexibility index (Phi) is 7.21. The van der Waals surface area contributed by atoms with Gasteiger partial charge in [-0.1, -0.05) is 58.5 Å². The molecule has 5 aromatic rings. The second-order valence-electron chi connectivity index (χ2n) is 7.50. The van der Waals surface area contributed by atoms with Crippen LogP contribution in [0.2, 0.25) is 20.1 Å². The van der Waals surface area contributed by atoms with Crippen LogP contribution in [0.4, 0.5) is 5.69 Å². The Morgan fingerprint density at radius 2 is 1.72 bits per heavy atom. The standard InChI is InChI=1S/C25H13Cl4N3O2S2/c26-13-10-14(24-30-18-3-1-2-4-21(18)36-24)22(17(29)11-13)31-25(35)32-23(33)20-8-7-19(34-20)12-5-6-15(27)16(28)9-12/h1-11H,(H2,31,32,33,35). The minimum Gasteiger partial charge on any atom is -0.451 e. The molecule has 0 aliphatic rings. The first-order valence-corrected chi connectivity index (χ1v) is 13.0. The summed E-state index contributed by atoms with van der Waals surface area (Å²) in [4.78, 5) is 17.5. The van der Waals surface area contributed by atoms with Gasteiger partial charge in [0.25, 0.3) is 5.91 Å². The number of furan rings is 1. The Hall–Kier alpha value is -2.65. The first kappa shape index (κ1) is 25.0. The number of carbonyl (C=O) groups is 1. The maximum absolute atomic E-state index is 12.8. The highest BCUT2D eigenvalue weighted by Crippen LogP contribution is 2.40. The summed E-state index contributed by atoms with van der Waals surface area (Å²) in [5.41, 5.74) is 2.66. The van der Waals surface area contributed by atoms with Gasteiger partial charge in [0, 0.05) is 16.1 Å². The summed E-state index contributed by atoms with van der Waals surface area (Å²) in [7, 11) is 0. The molecule has 0 saturated heterocycles. The van der Waals surface area contributed by atoms with Crippen molar-refractivity contribution in [1.82, 2.24) is 10.3 Å². The summed E-state index contributed by atoms with van der Waals surface area (Å²) in [6.45, 7) is 0. The Morgan fingerprint density at radius 3 is 2.50 bits per heavy atom. The molecule has 0 spiro atoms. The van der Waals surface area contributed by atoms with E-state index in [9.17, 15) is 4.79 Å². The molecule has 2 N–H and O–H groups in total. The van der Waals surface area contributed by atoms with Gasteiger partial charge in [0.1, 0.15) is 10.8 Å². The van der Waals surface area contributed by atoms with E-state index >= 15 is 0 Å². The number of nitrogens with one attached hydrogen (secondary N) is 2. The number of amides is 1. The fourth-order valence-electron chi connectivity index (χ4n) is 3.43. The number of para-hydroxylation sites is 1. The molecule has 0 saturated carbocycles. The highest BCUT2D eigenvalue weighted by molar-refractivity contribution is 7.80. The van der Waals surface area contributed by atoms with Gasteiger partial charge in [-0.15, -0.1) is 11.3 Å². The smallest absolute Gasteiger partial charge is 0.293 e. The first-order valence-electron chi connectivity index (χ1n) is 10.3. The topological polar surface area (TPSA) is 67.2 Å². The molecule has 0 aliphatic carbocycles. The fourth-order valence-corrected chi connectivity index (χ4v) is 5.45. The predicted octanol–water partition coefficient (Wildman–Crippen LogP) is 8.96. The SMILES string of the molecule is O=C(NC(=S)Nc1c(Cl)cc(Cl)cc1-c1nc2ccccc2s1)c1ccc(-c2ccc(Cl)c(Cl)c2)o1. The molecule has 5 nitrogen and oxygen atoms in total. The number of rotatable bonds is 4. The van der Waals surface area contributed by atoms with Crippen LogP contribution in [-0.4, -0.2) is 16.0 Å². The van der Waals surface area contributed by atoms with Gasteiger partial charge in [-0.2, -0.15) is 0 Å². The van der Waals surface area contributed by atoms with E-state index < -0.39 is 5.91 Å². The number of thiazole rings is 1. The number of fused-ring (bicyclic) bond motifs is 1. The number of nitrogens with zero attached hydrogens (tertiary/aromatic N) is 1. The van der Waals surface area contributed by atoms with E-state index in [1.165, 1.54) is 17.4 Å². The van der Waals surface area contributed by atoms with Gasteiger partial charge in [0.15, 0.2) is 10.9 Å². The summed E-state index contributed by atoms with van der Waals surface area (Å²) >= 11 is 31.7. The van der Waals surface area contributed by atoms with Crippen LogP contribution in [0.25, 0.3) is 32.1 Å². The van der Waals surface area contributed by atoms with Crippen molar-refractivity contribution >= 4 is 96.9 Å². The second kappa shape index (κ2) is 10.4. The van der Waals surface area contributed by atoms with Gasteiger partial charge in [0.2, 0.25) is 0 Å². The predicted molar refractivity (Wildman–Crippen MR) is 153 cm³/mol. The van der Waals surface area contributed by atoms with Crippen molar-refractivity contribution in [3.63, 3.8) is 0 Å². The molecule has 0 bridgehead atoms. The molecule has 0 fully saturated rings. The Bertz CT molecular complexity index is 1610. The molecule has 2 aromatic heterocycles. The van der Waals surface area contributed by atoms with Crippen molar-refractivity contribution in [2.75, 3.05) is 5.32 Å². The van der Waals surface area contributed by atoms with E-state index in [4.69, 9.17) is 63.0 Å². The summed E-state index contributed by atoms with van der Waals surface area (Å²) in [6, 6.07) is 19.4. The molecule has 0 atom stereocenters. The van der Waals surface area contributed by atoms with Crippen LogP contribution < -0.4 is 10.6 Å². The van der Waals surface area contributed by atoms with Crippen LogP contribution in [-0.2, 0) is 0 Å². The average molecular weight is 593 g/mol. The van der Waals surface area contributed by atoms with Crippen molar-refractivity contribution in [3.05, 3.63) is 92.6 Å². The maximum atomic E-state index is 12.8. The Morgan fingerprint density at radius 1 is 0.917 bits per heavy atom. The molecular formula is C25H13Cl4N3O2S2. The van der Waals surface area contributed by atoms with Gasteiger partial charge in [0.05, 0.1) is 31.0 Å². The molecule has 0 aliphatic heterocycles. The van der Waals surface area contributed by atoms with Gasteiger partial charge >= 0.3 is 0 Å². The van der Waals surface area contributed by atoms with E-state index in [0.29, 0.717) is 47.7 Å². The Balaban J connectivity index is 1.36. The number of benzene rings is 3. The van der Waals surface area contributed by atoms with Gasteiger partial charge in [-0.3, -0.25) is 10.1 Å². The summed E-state index contributed by atoms with van der Waals surface area (Å²) in [5, 5.41) is 7.92. The molecule has 1 amide bonds.